The average molecular weight is 473 g/mol. The molecule has 0 unspecified atom stereocenters. The van der Waals surface area contributed by atoms with Crippen LogP contribution in [-0.4, -0.2) is 59.8 Å². The van der Waals surface area contributed by atoms with Gasteiger partial charge in [-0.25, -0.2) is 13.5 Å². The van der Waals surface area contributed by atoms with Gasteiger partial charge in [0.25, 0.3) is 11.8 Å². The molecule has 9 nitrogen and oxygen atoms in total. The smallest absolute Gasteiger partial charge is 0.273 e. The average Bonchev–Trinajstić information content (AvgIpc) is 3.33. The third-order valence-corrected chi connectivity index (χ3v) is 4.58. The van der Waals surface area contributed by atoms with Crippen molar-refractivity contribution >= 4 is 11.8 Å². The van der Waals surface area contributed by atoms with Crippen LogP contribution >= 0.6 is 0 Å². The normalized spacial score (nSPS) is 10.7. The van der Waals surface area contributed by atoms with Crippen LogP contribution in [0.15, 0.2) is 48.7 Å². The minimum absolute atomic E-state index is 0.0354. The highest BCUT2D eigenvalue weighted by molar-refractivity contribution is 5.95. The van der Waals surface area contributed by atoms with E-state index in [1.807, 2.05) is 6.92 Å². The van der Waals surface area contributed by atoms with Gasteiger partial charge >= 0.3 is 0 Å². The van der Waals surface area contributed by atoms with E-state index in [9.17, 15) is 18.4 Å². The van der Waals surface area contributed by atoms with Crippen LogP contribution in [0.2, 0.25) is 0 Å². The van der Waals surface area contributed by atoms with Crippen molar-refractivity contribution in [1.82, 2.24) is 25.6 Å². The fourth-order valence-electron chi connectivity index (χ4n) is 3.00. The highest BCUT2D eigenvalue weighted by Crippen LogP contribution is 2.24. The summed E-state index contributed by atoms with van der Waals surface area (Å²) >= 11 is 0. The zero-order valence-electron chi connectivity index (χ0n) is 18.6. The summed E-state index contributed by atoms with van der Waals surface area (Å²) in [5.74, 6) is -0.847. The van der Waals surface area contributed by atoms with Crippen LogP contribution in [0.25, 0.3) is 5.69 Å². The van der Waals surface area contributed by atoms with E-state index in [0.29, 0.717) is 29.1 Å². The molecule has 2 aromatic carbocycles. The molecule has 3 aromatic rings. The van der Waals surface area contributed by atoms with Crippen LogP contribution in [-0.2, 0) is 11.3 Å². The number of aromatic nitrogens is 3. The van der Waals surface area contributed by atoms with Gasteiger partial charge in [-0.2, -0.15) is 0 Å². The van der Waals surface area contributed by atoms with Crippen LogP contribution < -0.4 is 15.4 Å². The molecule has 0 atom stereocenters. The molecular formula is C23H25F2N5O4. The standard InChI is InChI=1S/C23H25F2N5O4/c1-2-26-22(31)17-6-7-20(21(13-17)34-11-10-33-9-8-24)30-15-19(28-29-30)23(32)27-14-16-4-3-5-18(25)12-16/h3-7,12-13,15H,2,8-11,14H2,1H3,(H,26,31)(H,27,32). The molecule has 11 heteroatoms. The Kier molecular flexibility index (Phi) is 9.04. The molecule has 0 aliphatic carbocycles. The van der Waals surface area contributed by atoms with E-state index in [0.717, 1.165) is 0 Å². The predicted octanol–water partition coefficient (Wildman–Crippen LogP) is 2.45. The zero-order valence-corrected chi connectivity index (χ0v) is 18.6. The number of hydrogen-bond acceptors (Lipinski definition) is 6. The first-order valence-electron chi connectivity index (χ1n) is 10.7. The fraction of sp³-hybridized carbons (Fsp3) is 0.304. The van der Waals surface area contributed by atoms with Crippen LogP contribution in [0, 0.1) is 5.82 Å². The van der Waals surface area contributed by atoms with E-state index in [-0.39, 0.29) is 38.0 Å². The summed E-state index contributed by atoms with van der Waals surface area (Å²) in [7, 11) is 0. The molecule has 0 saturated heterocycles. The lowest BCUT2D eigenvalue weighted by Crippen LogP contribution is -2.23. The highest BCUT2D eigenvalue weighted by Gasteiger charge is 2.16. The lowest BCUT2D eigenvalue weighted by Gasteiger charge is -2.13. The summed E-state index contributed by atoms with van der Waals surface area (Å²) < 4.78 is 37.7. The second-order valence-electron chi connectivity index (χ2n) is 7.05. The third kappa shape index (κ3) is 6.82. The number of halogens is 2. The van der Waals surface area contributed by atoms with Crippen molar-refractivity contribution in [3.8, 4) is 11.4 Å². The van der Waals surface area contributed by atoms with Gasteiger partial charge in [-0.1, -0.05) is 17.3 Å². The molecule has 1 aromatic heterocycles. The van der Waals surface area contributed by atoms with Gasteiger partial charge in [0.05, 0.1) is 19.4 Å². The Morgan fingerprint density at radius 2 is 1.91 bits per heavy atom. The Labute approximate surface area is 195 Å². The van der Waals surface area contributed by atoms with E-state index in [2.05, 4.69) is 20.9 Å². The van der Waals surface area contributed by atoms with E-state index < -0.39 is 18.4 Å². The number of amides is 2. The lowest BCUT2D eigenvalue weighted by molar-refractivity contribution is 0.0894. The molecule has 1 heterocycles. The van der Waals surface area contributed by atoms with Crippen LogP contribution in [0.5, 0.6) is 5.75 Å². The first kappa shape index (κ1) is 24.8. The summed E-state index contributed by atoms with van der Waals surface area (Å²) in [6.45, 7) is 2.03. The highest BCUT2D eigenvalue weighted by atomic mass is 19.1. The van der Waals surface area contributed by atoms with Gasteiger partial charge in [-0.3, -0.25) is 9.59 Å². The summed E-state index contributed by atoms with van der Waals surface area (Å²) in [5, 5.41) is 13.3. The monoisotopic (exact) mass is 473 g/mol. The van der Waals surface area contributed by atoms with Gasteiger partial charge in [0.1, 0.15) is 30.5 Å². The Morgan fingerprint density at radius 3 is 2.68 bits per heavy atom. The molecule has 34 heavy (non-hydrogen) atoms. The molecule has 2 N–H and O–H groups in total. The van der Waals surface area contributed by atoms with Crippen molar-refractivity contribution in [1.29, 1.82) is 0 Å². The SMILES string of the molecule is CCNC(=O)c1ccc(-n2cc(C(=O)NCc3cccc(F)c3)nn2)c(OCCOCCF)c1. The van der Waals surface area contributed by atoms with E-state index in [1.54, 1.807) is 30.3 Å². The van der Waals surface area contributed by atoms with Crippen LogP contribution in [0.1, 0.15) is 33.3 Å². The number of ether oxygens (including phenoxy) is 2. The predicted molar refractivity (Wildman–Crippen MR) is 119 cm³/mol. The molecule has 3 rings (SSSR count). The Bertz CT molecular complexity index is 1120. The Morgan fingerprint density at radius 1 is 1.06 bits per heavy atom. The summed E-state index contributed by atoms with van der Waals surface area (Å²) in [6.07, 6.45) is 1.41. The Balaban J connectivity index is 1.75. The zero-order chi connectivity index (χ0) is 24.3. The maximum atomic E-state index is 13.3. The lowest BCUT2D eigenvalue weighted by atomic mass is 10.1. The number of carbonyl (C=O) groups is 2. The molecule has 0 aliphatic rings. The van der Waals surface area contributed by atoms with E-state index >= 15 is 0 Å². The maximum Gasteiger partial charge on any atom is 0.273 e. The van der Waals surface area contributed by atoms with Crippen molar-refractivity contribution in [2.75, 3.05) is 33.0 Å². The molecule has 180 valence electrons. The summed E-state index contributed by atoms with van der Waals surface area (Å²) in [6, 6.07) is 10.7. The minimum Gasteiger partial charge on any atom is -0.489 e. The number of alkyl halides is 1. The third-order valence-electron chi connectivity index (χ3n) is 4.58. The largest absolute Gasteiger partial charge is 0.489 e. The van der Waals surface area contributed by atoms with Gasteiger partial charge in [0.2, 0.25) is 0 Å². The van der Waals surface area contributed by atoms with E-state index in [1.165, 1.54) is 23.0 Å². The van der Waals surface area contributed by atoms with Crippen molar-refractivity contribution in [3.05, 3.63) is 71.3 Å². The van der Waals surface area contributed by atoms with Gasteiger partial charge < -0.3 is 20.1 Å². The first-order chi connectivity index (χ1) is 16.5. The molecule has 0 radical (unpaired) electrons. The van der Waals surface area contributed by atoms with Gasteiger partial charge in [0.15, 0.2) is 5.69 Å². The Hall–Kier alpha value is -3.86. The van der Waals surface area contributed by atoms with Gasteiger partial charge in [0, 0.05) is 18.7 Å². The van der Waals surface area contributed by atoms with Crippen molar-refractivity contribution in [2.45, 2.75) is 13.5 Å². The summed E-state index contributed by atoms with van der Waals surface area (Å²) in [5.41, 5.74) is 1.46. The minimum atomic E-state index is -0.596. The second-order valence-corrected chi connectivity index (χ2v) is 7.05. The maximum absolute atomic E-state index is 13.3. The molecule has 0 saturated carbocycles. The van der Waals surface area contributed by atoms with Crippen LogP contribution in [0.4, 0.5) is 8.78 Å². The van der Waals surface area contributed by atoms with Crippen molar-refractivity contribution in [3.63, 3.8) is 0 Å². The van der Waals surface area contributed by atoms with Gasteiger partial charge in [-0.05, 0) is 42.8 Å². The first-order valence-corrected chi connectivity index (χ1v) is 10.7. The number of benzene rings is 2. The number of rotatable bonds is 12. The molecule has 2 amide bonds. The number of nitrogens with zero attached hydrogens (tertiary/aromatic N) is 3. The number of hydrogen-bond donors (Lipinski definition) is 2. The molecule has 0 bridgehead atoms. The van der Waals surface area contributed by atoms with Crippen molar-refractivity contribution < 1.29 is 27.8 Å². The topological polar surface area (TPSA) is 107 Å². The molecule has 0 aliphatic heterocycles. The van der Waals surface area contributed by atoms with Gasteiger partial charge in [-0.15, -0.1) is 5.10 Å². The quantitative estimate of drug-likeness (QED) is 0.392. The number of nitrogens with one attached hydrogen (secondary N) is 2. The van der Waals surface area contributed by atoms with Crippen molar-refractivity contribution in [2.24, 2.45) is 0 Å². The number of carbonyl (C=O) groups excluding carboxylic acids is 2. The second kappa shape index (κ2) is 12.4. The molecular weight excluding hydrogens is 448 g/mol. The fourth-order valence-corrected chi connectivity index (χ4v) is 3.00. The summed E-state index contributed by atoms with van der Waals surface area (Å²) in [4.78, 5) is 24.7. The molecule has 0 spiro atoms. The molecule has 0 fully saturated rings. The van der Waals surface area contributed by atoms with Crippen LogP contribution in [0.3, 0.4) is 0 Å². The van der Waals surface area contributed by atoms with E-state index in [4.69, 9.17) is 9.47 Å².